The van der Waals surface area contributed by atoms with Crippen molar-refractivity contribution in [2.24, 2.45) is 0 Å². The molecular formula is C7H9NO2. The van der Waals surface area contributed by atoms with E-state index in [2.05, 4.69) is 4.98 Å². The molecule has 1 heterocycles. The normalized spacial score (nSPS) is 9.70. The number of aromatic hydroxyl groups is 1. The molecule has 0 saturated heterocycles. The summed E-state index contributed by atoms with van der Waals surface area (Å²) < 4.78 is 0. The third-order valence-electron chi connectivity index (χ3n) is 1.39. The van der Waals surface area contributed by atoms with E-state index in [1.165, 1.54) is 12.3 Å². The molecule has 1 aromatic heterocycles. The number of nitrogens with one attached hydrogen (secondary N) is 1. The number of rotatable bonds is 1. The topological polar surface area (TPSA) is 53.1 Å². The molecule has 0 unspecified atom stereocenters. The van der Waals surface area contributed by atoms with Crippen molar-refractivity contribution in [2.75, 3.05) is 0 Å². The maximum absolute atomic E-state index is 10.9. The van der Waals surface area contributed by atoms with Gasteiger partial charge in [0.05, 0.1) is 5.56 Å². The van der Waals surface area contributed by atoms with E-state index < -0.39 is 0 Å². The van der Waals surface area contributed by atoms with E-state index >= 15 is 0 Å². The van der Waals surface area contributed by atoms with E-state index in [0.29, 0.717) is 12.0 Å². The van der Waals surface area contributed by atoms with Gasteiger partial charge >= 0.3 is 0 Å². The maximum atomic E-state index is 10.9. The van der Waals surface area contributed by atoms with Crippen LogP contribution in [0.15, 0.2) is 17.1 Å². The van der Waals surface area contributed by atoms with Gasteiger partial charge in [-0.25, -0.2) is 0 Å². The third-order valence-corrected chi connectivity index (χ3v) is 1.39. The number of pyridine rings is 1. The van der Waals surface area contributed by atoms with Crippen molar-refractivity contribution in [3.8, 4) is 5.75 Å². The molecule has 1 aromatic rings. The number of H-pyrrole nitrogens is 1. The first-order valence-electron chi connectivity index (χ1n) is 3.15. The molecule has 3 nitrogen and oxygen atoms in total. The molecule has 0 aliphatic heterocycles. The van der Waals surface area contributed by atoms with Crippen molar-refractivity contribution < 1.29 is 5.11 Å². The fraction of sp³-hybridized carbons (Fsp3) is 0.286. The summed E-state index contributed by atoms with van der Waals surface area (Å²) in [6.07, 6.45) is 1.98. The number of aromatic amines is 1. The maximum Gasteiger partial charge on any atom is 0.254 e. The Labute approximate surface area is 58.3 Å². The van der Waals surface area contributed by atoms with E-state index in [-0.39, 0.29) is 11.3 Å². The molecule has 0 atom stereocenters. The molecule has 0 aliphatic rings. The molecular weight excluding hydrogens is 130 g/mol. The molecule has 10 heavy (non-hydrogen) atoms. The minimum Gasteiger partial charge on any atom is -0.507 e. The van der Waals surface area contributed by atoms with E-state index in [1.54, 1.807) is 0 Å². The van der Waals surface area contributed by atoms with Gasteiger partial charge in [-0.15, -0.1) is 0 Å². The standard InChI is InChI=1S/C7H9NO2/c1-2-5-6(9)3-4-8-7(5)10/h3-4H,2H2,1H3,(H2,8,9,10). The highest BCUT2D eigenvalue weighted by molar-refractivity contribution is 5.27. The van der Waals surface area contributed by atoms with Gasteiger partial charge in [0, 0.05) is 6.20 Å². The van der Waals surface area contributed by atoms with Crippen molar-refractivity contribution in [1.29, 1.82) is 0 Å². The monoisotopic (exact) mass is 139 g/mol. The van der Waals surface area contributed by atoms with Crippen LogP contribution in [0.25, 0.3) is 0 Å². The summed E-state index contributed by atoms with van der Waals surface area (Å²) in [5.41, 5.74) is 0.241. The highest BCUT2D eigenvalue weighted by Crippen LogP contribution is 2.09. The summed E-state index contributed by atoms with van der Waals surface area (Å²) in [4.78, 5) is 13.3. The fourth-order valence-electron chi connectivity index (χ4n) is 0.842. The smallest absolute Gasteiger partial charge is 0.254 e. The second kappa shape index (κ2) is 2.56. The molecule has 2 N–H and O–H groups in total. The van der Waals surface area contributed by atoms with Crippen LogP contribution in [0.3, 0.4) is 0 Å². The van der Waals surface area contributed by atoms with Gasteiger partial charge in [0.25, 0.3) is 5.56 Å². The molecule has 0 aromatic carbocycles. The lowest BCUT2D eigenvalue weighted by atomic mass is 10.2. The molecule has 0 aliphatic carbocycles. The lowest BCUT2D eigenvalue weighted by Crippen LogP contribution is -2.10. The Morgan fingerprint density at radius 3 is 2.80 bits per heavy atom. The summed E-state index contributed by atoms with van der Waals surface area (Å²) in [6, 6.07) is 1.47. The Kier molecular flexibility index (Phi) is 1.76. The summed E-state index contributed by atoms with van der Waals surface area (Å²) >= 11 is 0. The SMILES string of the molecule is CCc1c(O)cc[nH]c1=O. The van der Waals surface area contributed by atoms with Gasteiger partial charge in [0.1, 0.15) is 5.75 Å². The van der Waals surface area contributed by atoms with Gasteiger partial charge in [0.15, 0.2) is 0 Å². The third kappa shape index (κ3) is 1.03. The molecule has 0 radical (unpaired) electrons. The lowest BCUT2D eigenvalue weighted by molar-refractivity contribution is 0.466. The number of hydrogen-bond acceptors (Lipinski definition) is 2. The predicted octanol–water partition coefficient (Wildman–Crippen LogP) is 0.643. The predicted molar refractivity (Wildman–Crippen MR) is 38.1 cm³/mol. The van der Waals surface area contributed by atoms with E-state index in [4.69, 9.17) is 5.11 Å². The van der Waals surface area contributed by atoms with Gasteiger partial charge in [0.2, 0.25) is 0 Å². The second-order valence-corrected chi connectivity index (χ2v) is 2.02. The largest absolute Gasteiger partial charge is 0.507 e. The van der Waals surface area contributed by atoms with Crippen molar-refractivity contribution in [3.05, 3.63) is 28.2 Å². The molecule has 0 bridgehead atoms. The van der Waals surface area contributed by atoms with E-state index in [9.17, 15) is 4.79 Å². The Balaban J connectivity index is 3.31. The number of aromatic nitrogens is 1. The van der Waals surface area contributed by atoms with E-state index in [1.807, 2.05) is 6.92 Å². The van der Waals surface area contributed by atoms with Crippen molar-refractivity contribution in [3.63, 3.8) is 0 Å². The summed E-state index contributed by atoms with van der Waals surface area (Å²) in [5.74, 6) is 0.0752. The van der Waals surface area contributed by atoms with Gasteiger partial charge in [-0.05, 0) is 12.5 Å². The van der Waals surface area contributed by atoms with Crippen LogP contribution in [0.1, 0.15) is 12.5 Å². The highest BCUT2D eigenvalue weighted by Gasteiger charge is 2.00. The number of hydrogen-bond donors (Lipinski definition) is 2. The lowest BCUT2D eigenvalue weighted by Gasteiger charge is -1.96. The van der Waals surface area contributed by atoms with Crippen LogP contribution in [0.5, 0.6) is 5.75 Å². The molecule has 1 rings (SSSR count). The van der Waals surface area contributed by atoms with E-state index in [0.717, 1.165) is 0 Å². The zero-order valence-electron chi connectivity index (χ0n) is 5.72. The fourth-order valence-corrected chi connectivity index (χ4v) is 0.842. The second-order valence-electron chi connectivity index (χ2n) is 2.02. The molecule has 0 amide bonds. The molecule has 3 heteroatoms. The molecule has 0 spiro atoms. The van der Waals surface area contributed by atoms with Crippen LogP contribution in [0.2, 0.25) is 0 Å². The minimum atomic E-state index is -0.206. The van der Waals surface area contributed by atoms with Crippen molar-refractivity contribution in [2.45, 2.75) is 13.3 Å². The van der Waals surface area contributed by atoms with Crippen LogP contribution < -0.4 is 5.56 Å². The molecule has 0 fully saturated rings. The summed E-state index contributed by atoms with van der Waals surface area (Å²) in [5, 5.41) is 9.07. The Hall–Kier alpha value is -1.25. The Morgan fingerprint density at radius 1 is 1.70 bits per heavy atom. The van der Waals surface area contributed by atoms with Crippen LogP contribution in [0, 0.1) is 0 Å². The van der Waals surface area contributed by atoms with Crippen molar-refractivity contribution >= 4 is 0 Å². The summed E-state index contributed by atoms with van der Waals surface area (Å²) in [7, 11) is 0. The first-order valence-corrected chi connectivity index (χ1v) is 3.15. The zero-order chi connectivity index (χ0) is 7.56. The Morgan fingerprint density at radius 2 is 2.40 bits per heavy atom. The van der Waals surface area contributed by atoms with Gasteiger partial charge < -0.3 is 10.1 Å². The van der Waals surface area contributed by atoms with Gasteiger partial charge in [-0.2, -0.15) is 0 Å². The highest BCUT2D eigenvalue weighted by atomic mass is 16.3. The minimum absolute atomic E-state index is 0.0752. The summed E-state index contributed by atoms with van der Waals surface area (Å²) in [6.45, 7) is 1.82. The van der Waals surface area contributed by atoms with Gasteiger partial charge in [-0.1, -0.05) is 6.92 Å². The van der Waals surface area contributed by atoms with Crippen LogP contribution in [-0.2, 0) is 6.42 Å². The zero-order valence-corrected chi connectivity index (χ0v) is 5.72. The van der Waals surface area contributed by atoms with Crippen molar-refractivity contribution in [1.82, 2.24) is 4.98 Å². The first-order chi connectivity index (χ1) is 4.75. The van der Waals surface area contributed by atoms with Gasteiger partial charge in [-0.3, -0.25) is 4.79 Å². The Bertz CT molecular complexity index is 277. The quantitative estimate of drug-likeness (QED) is 0.600. The average Bonchev–Trinajstić information content (AvgIpc) is 1.88. The van der Waals surface area contributed by atoms with Crippen LogP contribution in [0.4, 0.5) is 0 Å². The average molecular weight is 139 g/mol. The molecule has 54 valence electrons. The molecule has 0 saturated carbocycles. The van der Waals surface area contributed by atoms with Crippen LogP contribution >= 0.6 is 0 Å². The van der Waals surface area contributed by atoms with Crippen LogP contribution in [-0.4, -0.2) is 10.1 Å². The first kappa shape index (κ1) is 6.86.